The van der Waals surface area contributed by atoms with Crippen LogP contribution in [-0.4, -0.2) is 16.9 Å². The number of rotatable bonds is 3. The molecule has 4 heteroatoms. The van der Waals surface area contributed by atoms with Crippen LogP contribution in [0, 0.1) is 5.82 Å². The van der Waals surface area contributed by atoms with E-state index in [0.29, 0.717) is 4.90 Å². The summed E-state index contributed by atoms with van der Waals surface area (Å²) < 4.78 is 13.6. The monoisotopic (exact) mass is 276 g/mol. The minimum Gasteiger partial charge on any atom is -0.293 e. The summed E-state index contributed by atoms with van der Waals surface area (Å²) in [5, 5.41) is 0. The van der Waals surface area contributed by atoms with Crippen LogP contribution in [0.25, 0.3) is 0 Å². The summed E-state index contributed by atoms with van der Waals surface area (Å²) in [6, 6.07) is 4.86. The second-order valence-electron chi connectivity index (χ2n) is 2.80. The molecule has 0 radical (unpaired) electrons. The van der Waals surface area contributed by atoms with E-state index < -0.39 is 5.82 Å². The van der Waals surface area contributed by atoms with Crippen molar-refractivity contribution in [2.45, 2.75) is 16.6 Å². The number of alkyl halides is 1. The molecule has 0 heterocycles. The van der Waals surface area contributed by atoms with Gasteiger partial charge in [0, 0.05) is 4.90 Å². The Morgan fingerprint density at radius 3 is 2.71 bits per heavy atom. The van der Waals surface area contributed by atoms with Gasteiger partial charge in [0.2, 0.25) is 0 Å². The lowest BCUT2D eigenvalue weighted by atomic mass is 10.1. The summed E-state index contributed by atoms with van der Waals surface area (Å²) >= 11 is 4.43. The maximum atomic E-state index is 13.6. The van der Waals surface area contributed by atoms with E-state index in [1.165, 1.54) is 17.8 Å². The van der Waals surface area contributed by atoms with Crippen LogP contribution in [0.5, 0.6) is 0 Å². The van der Waals surface area contributed by atoms with Gasteiger partial charge in [-0.1, -0.05) is 22.0 Å². The van der Waals surface area contributed by atoms with E-state index in [9.17, 15) is 9.18 Å². The Morgan fingerprint density at radius 1 is 1.57 bits per heavy atom. The third kappa shape index (κ3) is 2.36. The van der Waals surface area contributed by atoms with Crippen LogP contribution in [0.15, 0.2) is 23.1 Å². The molecule has 0 saturated carbocycles. The summed E-state index contributed by atoms with van der Waals surface area (Å²) in [5.74, 6) is -0.644. The summed E-state index contributed by atoms with van der Waals surface area (Å²) in [6.45, 7) is 1.69. The third-order valence-corrected chi connectivity index (χ3v) is 2.98. The minimum absolute atomic E-state index is 0.154. The Kier molecular flexibility index (Phi) is 4.13. The molecule has 1 aromatic carbocycles. The molecule has 1 unspecified atom stereocenters. The van der Waals surface area contributed by atoms with Crippen LogP contribution in [0.1, 0.15) is 17.3 Å². The first-order valence-electron chi connectivity index (χ1n) is 4.08. The van der Waals surface area contributed by atoms with E-state index in [1.807, 2.05) is 0 Å². The van der Waals surface area contributed by atoms with Gasteiger partial charge < -0.3 is 0 Å². The zero-order chi connectivity index (χ0) is 10.7. The zero-order valence-corrected chi connectivity index (χ0v) is 10.3. The molecule has 0 aliphatic rings. The molecule has 76 valence electrons. The van der Waals surface area contributed by atoms with Gasteiger partial charge in [0.25, 0.3) is 0 Å². The second kappa shape index (κ2) is 4.94. The molecule has 1 aromatic rings. The molecule has 0 bridgehead atoms. The molecule has 0 amide bonds. The van der Waals surface area contributed by atoms with E-state index >= 15 is 0 Å². The van der Waals surface area contributed by atoms with Crippen molar-refractivity contribution in [2.75, 3.05) is 6.26 Å². The molecule has 0 aromatic heterocycles. The Bertz CT molecular complexity index is 352. The van der Waals surface area contributed by atoms with Crippen LogP contribution < -0.4 is 0 Å². The Morgan fingerprint density at radius 2 is 2.21 bits per heavy atom. The molecule has 14 heavy (non-hydrogen) atoms. The second-order valence-corrected chi connectivity index (χ2v) is 5.02. The van der Waals surface area contributed by atoms with Gasteiger partial charge in [-0.3, -0.25) is 4.79 Å². The number of benzene rings is 1. The van der Waals surface area contributed by atoms with Crippen molar-refractivity contribution in [3.05, 3.63) is 29.6 Å². The molecule has 0 N–H and O–H groups in total. The number of hydrogen-bond donors (Lipinski definition) is 0. The quantitative estimate of drug-likeness (QED) is 0.478. The van der Waals surface area contributed by atoms with Gasteiger partial charge in [0.05, 0.1) is 10.4 Å². The first-order valence-corrected chi connectivity index (χ1v) is 6.22. The fourth-order valence-corrected chi connectivity index (χ4v) is 1.82. The molecule has 1 nitrogen and oxygen atoms in total. The summed E-state index contributed by atoms with van der Waals surface area (Å²) in [5.41, 5.74) is 0.154. The van der Waals surface area contributed by atoms with Crippen LogP contribution in [0.2, 0.25) is 0 Å². The maximum absolute atomic E-state index is 13.6. The number of carbonyl (C=O) groups is 1. The number of hydrogen-bond acceptors (Lipinski definition) is 2. The number of Topliss-reactive ketones (excluding diaryl/α,β-unsaturated/α-hetero) is 1. The van der Waals surface area contributed by atoms with Gasteiger partial charge in [0.1, 0.15) is 5.82 Å². The van der Waals surface area contributed by atoms with E-state index in [1.54, 1.807) is 25.3 Å². The third-order valence-electron chi connectivity index (χ3n) is 1.81. The average Bonchev–Trinajstić information content (AvgIpc) is 2.17. The number of ketones is 1. The van der Waals surface area contributed by atoms with Crippen molar-refractivity contribution in [3.8, 4) is 0 Å². The van der Waals surface area contributed by atoms with E-state index in [-0.39, 0.29) is 16.2 Å². The summed E-state index contributed by atoms with van der Waals surface area (Å²) in [6.07, 6.45) is 1.78. The van der Waals surface area contributed by atoms with Gasteiger partial charge in [-0.25, -0.2) is 4.39 Å². The Labute approximate surface area is 95.2 Å². The predicted octanol–water partition coefficient (Wildman–Crippen LogP) is 3.51. The van der Waals surface area contributed by atoms with Gasteiger partial charge in [0.15, 0.2) is 5.78 Å². The van der Waals surface area contributed by atoms with Crippen LogP contribution >= 0.6 is 27.7 Å². The molecule has 0 spiro atoms. The van der Waals surface area contributed by atoms with Gasteiger partial charge in [-0.2, -0.15) is 0 Å². The highest BCUT2D eigenvalue weighted by molar-refractivity contribution is 9.10. The lowest BCUT2D eigenvalue weighted by molar-refractivity contribution is 0.0991. The molecule has 0 aliphatic carbocycles. The van der Waals surface area contributed by atoms with E-state index in [2.05, 4.69) is 15.9 Å². The first kappa shape index (κ1) is 11.7. The normalized spacial score (nSPS) is 12.6. The standard InChI is InChI=1S/C10H10BrFOS/c1-6(11)10(13)7-4-3-5-8(14-2)9(7)12/h3-6H,1-2H3. The predicted molar refractivity (Wildman–Crippen MR) is 60.9 cm³/mol. The number of halogens is 2. The molecular formula is C10H10BrFOS. The van der Waals surface area contributed by atoms with Crippen molar-refractivity contribution in [3.63, 3.8) is 0 Å². The van der Waals surface area contributed by atoms with Gasteiger partial charge in [-0.05, 0) is 25.3 Å². The molecule has 0 fully saturated rings. The molecule has 1 atom stereocenters. The smallest absolute Gasteiger partial charge is 0.179 e. The van der Waals surface area contributed by atoms with Crippen molar-refractivity contribution >= 4 is 33.5 Å². The van der Waals surface area contributed by atoms with Crippen LogP contribution in [0.4, 0.5) is 4.39 Å². The summed E-state index contributed by atoms with van der Waals surface area (Å²) in [4.78, 5) is 11.7. The highest BCUT2D eigenvalue weighted by atomic mass is 79.9. The molecule has 0 aliphatic heterocycles. The fourth-order valence-electron chi connectivity index (χ4n) is 1.07. The topological polar surface area (TPSA) is 17.1 Å². The van der Waals surface area contributed by atoms with Crippen molar-refractivity contribution in [1.82, 2.24) is 0 Å². The molecule has 1 rings (SSSR count). The lowest BCUT2D eigenvalue weighted by Crippen LogP contribution is -2.12. The SMILES string of the molecule is CSc1cccc(C(=O)C(C)Br)c1F. The van der Waals surface area contributed by atoms with Crippen LogP contribution in [0.3, 0.4) is 0 Å². The average molecular weight is 277 g/mol. The largest absolute Gasteiger partial charge is 0.293 e. The van der Waals surface area contributed by atoms with Crippen molar-refractivity contribution in [1.29, 1.82) is 0 Å². The Hall–Kier alpha value is -0.350. The highest BCUT2D eigenvalue weighted by Crippen LogP contribution is 2.23. The van der Waals surface area contributed by atoms with E-state index in [0.717, 1.165) is 0 Å². The van der Waals surface area contributed by atoms with Crippen molar-refractivity contribution in [2.24, 2.45) is 0 Å². The first-order chi connectivity index (χ1) is 6.57. The number of carbonyl (C=O) groups excluding carboxylic acids is 1. The fraction of sp³-hybridized carbons (Fsp3) is 0.300. The number of thioether (sulfide) groups is 1. The zero-order valence-electron chi connectivity index (χ0n) is 7.88. The minimum atomic E-state index is -0.420. The van der Waals surface area contributed by atoms with Gasteiger partial charge in [-0.15, -0.1) is 11.8 Å². The molecular weight excluding hydrogens is 267 g/mol. The lowest BCUT2D eigenvalue weighted by Gasteiger charge is -2.06. The Balaban J connectivity index is 3.16. The van der Waals surface area contributed by atoms with Gasteiger partial charge >= 0.3 is 0 Å². The van der Waals surface area contributed by atoms with Crippen molar-refractivity contribution < 1.29 is 9.18 Å². The van der Waals surface area contributed by atoms with Crippen LogP contribution in [-0.2, 0) is 0 Å². The summed E-state index contributed by atoms with van der Waals surface area (Å²) in [7, 11) is 0. The van der Waals surface area contributed by atoms with E-state index in [4.69, 9.17) is 0 Å². The molecule has 0 saturated heterocycles. The maximum Gasteiger partial charge on any atom is 0.179 e. The highest BCUT2D eigenvalue weighted by Gasteiger charge is 2.17.